The summed E-state index contributed by atoms with van der Waals surface area (Å²) in [5.74, 6) is 0.413. The molecule has 1 N–H and O–H groups in total. The van der Waals surface area contributed by atoms with E-state index in [0.717, 1.165) is 22.1 Å². The molecule has 7 nitrogen and oxygen atoms in total. The fourth-order valence-corrected chi connectivity index (χ4v) is 3.69. The lowest BCUT2D eigenvalue weighted by Gasteiger charge is -2.19. The topological polar surface area (TPSA) is 87.0 Å². The number of aryl methyl sites for hydroxylation is 3. The molecule has 1 atom stereocenters. The molecule has 1 heterocycles. The van der Waals surface area contributed by atoms with Gasteiger partial charge < -0.3 is 23.9 Å². The number of methoxy groups -OCH3 is 3. The van der Waals surface area contributed by atoms with Crippen LogP contribution in [0.15, 0.2) is 34.7 Å². The summed E-state index contributed by atoms with van der Waals surface area (Å²) >= 11 is 0. The first-order chi connectivity index (χ1) is 14.8. The van der Waals surface area contributed by atoms with Gasteiger partial charge in [0.25, 0.3) is 5.91 Å². The van der Waals surface area contributed by atoms with Gasteiger partial charge in [-0.25, -0.2) is 0 Å². The van der Waals surface area contributed by atoms with Gasteiger partial charge >= 0.3 is 5.97 Å². The van der Waals surface area contributed by atoms with Crippen LogP contribution in [0.1, 0.15) is 45.3 Å². The normalized spacial score (nSPS) is 11.8. The number of rotatable bonds is 7. The highest BCUT2D eigenvalue weighted by Crippen LogP contribution is 2.33. The average molecular weight is 425 g/mol. The van der Waals surface area contributed by atoms with Gasteiger partial charge in [0.2, 0.25) is 0 Å². The Bertz CT molecular complexity index is 1130. The van der Waals surface area contributed by atoms with Gasteiger partial charge in [0.1, 0.15) is 5.58 Å². The maximum Gasteiger partial charge on any atom is 0.307 e. The van der Waals surface area contributed by atoms with Gasteiger partial charge in [-0.3, -0.25) is 9.59 Å². The minimum absolute atomic E-state index is 0.0466. The van der Waals surface area contributed by atoms with Crippen molar-refractivity contribution >= 4 is 22.8 Å². The second kappa shape index (κ2) is 9.12. The first-order valence-corrected chi connectivity index (χ1v) is 9.89. The molecule has 0 radical (unpaired) electrons. The average Bonchev–Trinajstić information content (AvgIpc) is 3.13. The Hall–Kier alpha value is -3.48. The molecule has 164 valence electrons. The Morgan fingerprint density at radius 1 is 0.968 bits per heavy atom. The molecule has 0 bridgehead atoms. The number of hydrogen-bond acceptors (Lipinski definition) is 6. The molecule has 0 aliphatic rings. The van der Waals surface area contributed by atoms with Gasteiger partial charge in [-0.1, -0.05) is 18.2 Å². The summed E-state index contributed by atoms with van der Waals surface area (Å²) in [5, 5.41) is 3.85. The molecule has 0 aliphatic carbocycles. The molecule has 7 heteroatoms. The van der Waals surface area contributed by atoms with Crippen LogP contribution in [0, 0.1) is 20.8 Å². The SMILES string of the molecule is COC(=O)CC(NC(=O)c1oc2c(C)ccc(C)c2c1C)c1ccc(OC)c(OC)c1. The van der Waals surface area contributed by atoms with E-state index in [-0.39, 0.29) is 12.2 Å². The van der Waals surface area contributed by atoms with E-state index in [0.29, 0.717) is 22.6 Å². The van der Waals surface area contributed by atoms with E-state index in [4.69, 9.17) is 18.6 Å². The van der Waals surface area contributed by atoms with E-state index in [1.54, 1.807) is 25.3 Å². The van der Waals surface area contributed by atoms with Crippen molar-refractivity contribution in [3.63, 3.8) is 0 Å². The lowest BCUT2D eigenvalue weighted by Crippen LogP contribution is -2.30. The summed E-state index contributed by atoms with van der Waals surface area (Å²) in [4.78, 5) is 25.2. The van der Waals surface area contributed by atoms with Crippen LogP contribution in [0.3, 0.4) is 0 Å². The van der Waals surface area contributed by atoms with Crippen molar-refractivity contribution in [1.29, 1.82) is 0 Å². The third kappa shape index (κ3) is 4.35. The Balaban J connectivity index is 1.99. The first-order valence-electron chi connectivity index (χ1n) is 9.89. The fourth-order valence-electron chi connectivity index (χ4n) is 3.69. The van der Waals surface area contributed by atoms with E-state index >= 15 is 0 Å². The van der Waals surface area contributed by atoms with Gasteiger partial charge in [0.05, 0.1) is 33.8 Å². The minimum Gasteiger partial charge on any atom is -0.493 e. The van der Waals surface area contributed by atoms with Crippen molar-refractivity contribution in [2.75, 3.05) is 21.3 Å². The van der Waals surface area contributed by atoms with Crippen LogP contribution in [0.5, 0.6) is 11.5 Å². The Labute approximate surface area is 181 Å². The van der Waals surface area contributed by atoms with Crippen LogP contribution in [0.4, 0.5) is 0 Å². The molecule has 1 amide bonds. The van der Waals surface area contributed by atoms with E-state index in [9.17, 15) is 9.59 Å². The molecular weight excluding hydrogens is 398 g/mol. The number of ether oxygens (including phenoxy) is 3. The molecule has 31 heavy (non-hydrogen) atoms. The van der Waals surface area contributed by atoms with Crippen LogP contribution >= 0.6 is 0 Å². The third-order valence-corrected chi connectivity index (χ3v) is 5.40. The van der Waals surface area contributed by atoms with Crippen molar-refractivity contribution in [2.45, 2.75) is 33.2 Å². The van der Waals surface area contributed by atoms with Gasteiger partial charge in [-0.05, 0) is 49.6 Å². The molecule has 0 aliphatic heterocycles. The predicted molar refractivity (Wildman–Crippen MR) is 117 cm³/mol. The lowest BCUT2D eigenvalue weighted by molar-refractivity contribution is -0.141. The molecule has 1 unspecified atom stereocenters. The summed E-state index contributed by atoms with van der Waals surface area (Å²) in [5.41, 5.74) is 4.12. The predicted octanol–water partition coefficient (Wildman–Crippen LogP) is 4.41. The molecule has 3 rings (SSSR count). The van der Waals surface area contributed by atoms with Crippen LogP contribution in [0.2, 0.25) is 0 Å². The number of carbonyl (C=O) groups is 2. The standard InChI is InChI=1S/C24H27NO6/c1-13-7-8-14(2)22-21(13)15(3)23(31-22)24(27)25-17(12-20(26)30-6)16-9-10-18(28-4)19(11-16)29-5/h7-11,17H,12H2,1-6H3,(H,25,27). The van der Waals surface area contributed by atoms with Crippen molar-refractivity contribution in [3.05, 3.63) is 58.3 Å². The summed E-state index contributed by atoms with van der Waals surface area (Å²) in [7, 11) is 4.38. The van der Waals surface area contributed by atoms with Crippen LogP contribution in [-0.2, 0) is 9.53 Å². The number of amides is 1. The number of esters is 1. The monoisotopic (exact) mass is 425 g/mol. The van der Waals surface area contributed by atoms with Crippen LogP contribution in [-0.4, -0.2) is 33.2 Å². The van der Waals surface area contributed by atoms with Gasteiger partial charge in [-0.2, -0.15) is 0 Å². The van der Waals surface area contributed by atoms with Gasteiger partial charge in [0, 0.05) is 10.9 Å². The molecule has 1 aromatic heterocycles. The number of hydrogen-bond donors (Lipinski definition) is 1. The van der Waals surface area contributed by atoms with E-state index in [1.165, 1.54) is 14.2 Å². The summed E-state index contributed by atoms with van der Waals surface area (Å²) in [6, 6.07) is 8.55. The summed E-state index contributed by atoms with van der Waals surface area (Å²) in [6.07, 6.45) is -0.0466. The highest BCUT2D eigenvalue weighted by molar-refractivity contribution is 6.00. The number of carbonyl (C=O) groups excluding carboxylic acids is 2. The van der Waals surface area contributed by atoms with Crippen molar-refractivity contribution in [1.82, 2.24) is 5.32 Å². The number of benzene rings is 2. The number of furan rings is 1. The lowest BCUT2D eigenvalue weighted by atomic mass is 10.0. The third-order valence-electron chi connectivity index (χ3n) is 5.40. The van der Waals surface area contributed by atoms with E-state index < -0.39 is 17.9 Å². The number of nitrogens with one attached hydrogen (secondary N) is 1. The largest absolute Gasteiger partial charge is 0.493 e. The molecule has 0 saturated heterocycles. The Morgan fingerprint density at radius 3 is 2.26 bits per heavy atom. The zero-order chi connectivity index (χ0) is 22.7. The highest BCUT2D eigenvalue weighted by atomic mass is 16.5. The maximum absolute atomic E-state index is 13.2. The van der Waals surface area contributed by atoms with Crippen molar-refractivity contribution in [3.8, 4) is 11.5 Å². The minimum atomic E-state index is -0.644. The Morgan fingerprint density at radius 2 is 1.65 bits per heavy atom. The molecule has 3 aromatic rings. The van der Waals surface area contributed by atoms with E-state index in [1.807, 2.05) is 32.9 Å². The van der Waals surface area contributed by atoms with Crippen molar-refractivity contribution < 1.29 is 28.2 Å². The zero-order valence-corrected chi connectivity index (χ0v) is 18.6. The van der Waals surface area contributed by atoms with E-state index in [2.05, 4.69) is 5.32 Å². The second-order valence-electron chi connectivity index (χ2n) is 7.38. The summed E-state index contributed by atoms with van der Waals surface area (Å²) < 4.78 is 21.4. The molecule has 0 fully saturated rings. The molecular formula is C24H27NO6. The smallest absolute Gasteiger partial charge is 0.307 e. The van der Waals surface area contributed by atoms with Crippen molar-refractivity contribution in [2.24, 2.45) is 0 Å². The first kappa shape index (κ1) is 22.2. The van der Waals surface area contributed by atoms with Crippen LogP contribution < -0.4 is 14.8 Å². The highest BCUT2D eigenvalue weighted by Gasteiger charge is 2.25. The quantitative estimate of drug-likeness (QED) is 0.564. The maximum atomic E-state index is 13.2. The molecule has 0 saturated carbocycles. The van der Waals surface area contributed by atoms with Crippen LogP contribution in [0.25, 0.3) is 11.0 Å². The fraction of sp³-hybridized carbons (Fsp3) is 0.333. The summed E-state index contributed by atoms with van der Waals surface area (Å²) in [6.45, 7) is 5.78. The van der Waals surface area contributed by atoms with Gasteiger partial charge in [-0.15, -0.1) is 0 Å². The number of fused-ring (bicyclic) bond motifs is 1. The molecule has 2 aromatic carbocycles. The second-order valence-corrected chi connectivity index (χ2v) is 7.38. The van der Waals surface area contributed by atoms with Gasteiger partial charge in [0.15, 0.2) is 17.3 Å². The zero-order valence-electron chi connectivity index (χ0n) is 18.6. The molecule has 0 spiro atoms. The Kier molecular flexibility index (Phi) is 6.53.